The second kappa shape index (κ2) is 7.06. The lowest BCUT2D eigenvalue weighted by Gasteiger charge is -2.06. The Morgan fingerprint density at radius 3 is 2.38 bits per heavy atom. The Balaban J connectivity index is 1.65. The van der Waals surface area contributed by atoms with E-state index < -0.39 is 5.97 Å². The highest BCUT2D eigenvalue weighted by molar-refractivity contribution is 7.13. The average molecular weight is 338 g/mol. The van der Waals surface area contributed by atoms with Crippen molar-refractivity contribution in [2.75, 3.05) is 5.32 Å². The fraction of sp³-hybridized carbons (Fsp3) is 0.0556. The van der Waals surface area contributed by atoms with Crippen molar-refractivity contribution < 1.29 is 14.7 Å². The molecule has 3 aromatic rings. The van der Waals surface area contributed by atoms with E-state index in [0.717, 1.165) is 11.1 Å². The third-order valence-electron chi connectivity index (χ3n) is 3.35. The van der Waals surface area contributed by atoms with Gasteiger partial charge in [0.2, 0.25) is 5.91 Å². The van der Waals surface area contributed by atoms with Gasteiger partial charge in [0.05, 0.1) is 6.42 Å². The van der Waals surface area contributed by atoms with Crippen molar-refractivity contribution in [1.82, 2.24) is 4.98 Å². The molecule has 2 N–H and O–H groups in total. The van der Waals surface area contributed by atoms with Crippen LogP contribution in [0.5, 0.6) is 0 Å². The van der Waals surface area contributed by atoms with Crippen molar-refractivity contribution >= 4 is 28.9 Å². The number of aromatic carboxylic acids is 1. The number of amides is 1. The molecule has 24 heavy (non-hydrogen) atoms. The van der Waals surface area contributed by atoms with Gasteiger partial charge in [0.25, 0.3) is 0 Å². The van der Waals surface area contributed by atoms with Gasteiger partial charge >= 0.3 is 5.97 Å². The SMILES string of the molecule is O=C(Cc1ccccc1)Nc1ccc(-c2nc(C(=O)O)cs2)cc1. The molecule has 0 unspecified atom stereocenters. The number of aromatic nitrogens is 1. The first-order valence-electron chi connectivity index (χ1n) is 7.25. The summed E-state index contributed by atoms with van der Waals surface area (Å²) < 4.78 is 0. The Hall–Kier alpha value is -2.99. The van der Waals surface area contributed by atoms with Crippen LogP contribution in [0.3, 0.4) is 0 Å². The normalized spacial score (nSPS) is 10.3. The van der Waals surface area contributed by atoms with E-state index in [0.29, 0.717) is 17.1 Å². The Bertz CT molecular complexity index is 857. The highest BCUT2D eigenvalue weighted by Crippen LogP contribution is 2.25. The average Bonchev–Trinajstić information content (AvgIpc) is 3.07. The number of anilines is 1. The summed E-state index contributed by atoms with van der Waals surface area (Å²) in [6.07, 6.45) is 0.317. The number of nitrogens with one attached hydrogen (secondary N) is 1. The van der Waals surface area contributed by atoms with E-state index in [1.54, 1.807) is 12.1 Å². The summed E-state index contributed by atoms with van der Waals surface area (Å²) in [5.41, 5.74) is 2.49. The zero-order valence-corrected chi connectivity index (χ0v) is 13.4. The molecular weight excluding hydrogens is 324 g/mol. The lowest BCUT2D eigenvalue weighted by Crippen LogP contribution is -2.14. The van der Waals surface area contributed by atoms with Crippen molar-refractivity contribution in [2.24, 2.45) is 0 Å². The van der Waals surface area contributed by atoms with Crippen molar-refractivity contribution in [2.45, 2.75) is 6.42 Å². The van der Waals surface area contributed by atoms with E-state index in [9.17, 15) is 9.59 Å². The maximum Gasteiger partial charge on any atom is 0.355 e. The van der Waals surface area contributed by atoms with Gasteiger partial charge in [-0.1, -0.05) is 30.3 Å². The molecule has 0 aliphatic heterocycles. The van der Waals surface area contributed by atoms with Crippen LogP contribution in [-0.4, -0.2) is 22.0 Å². The second-order valence-corrected chi connectivity index (χ2v) is 5.99. The van der Waals surface area contributed by atoms with Gasteiger partial charge in [0.15, 0.2) is 5.69 Å². The first-order valence-corrected chi connectivity index (χ1v) is 8.13. The number of carboxylic acid groups (broad SMARTS) is 1. The highest BCUT2D eigenvalue weighted by Gasteiger charge is 2.10. The molecule has 1 amide bonds. The molecule has 1 aromatic heterocycles. The summed E-state index contributed by atoms with van der Waals surface area (Å²) in [5, 5.41) is 13.9. The minimum atomic E-state index is -1.04. The summed E-state index contributed by atoms with van der Waals surface area (Å²) >= 11 is 1.27. The van der Waals surface area contributed by atoms with Crippen molar-refractivity contribution in [3.05, 3.63) is 71.2 Å². The molecule has 6 heteroatoms. The number of hydrogen-bond donors (Lipinski definition) is 2. The predicted molar refractivity (Wildman–Crippen MR) is 93.3 cm³/mol. The van der Waals surface area contributed by atoms with E-state index >= 15 is 0 Å². The molecule has 0 aliphatic rings. The predicted octanol–water partition coefficient (Wildman–Crippen LogP) is 3.69. The van der Waals surface area contributed by atoms with E-state index in [1.807, 2.05) is 42.5 Å². The van der Waals surface area contributed by atoms with Gasteiger partial charge in [0, 0.05) is 16.6 Å². The smallest absolute Gasteiger partial charge is 0.355 e. The number of carbonyl (C=O) groups excluding carboxylic acids is 1. The number of carbonyl (C=O) groups is 2. The fourth-order valence-corrected chi connectivity index (χ4v) is 2.99. The molecule has 2 aromatic carbocycles. The number of thiazole rings is 1. The van der Waals surface area contributed by atoms with E-state index in [4.69, 9.17) is 5.11 Å². The quantitative estimate of drug-likeness (QED) is 0.743. The lowest BCUT2D eigenvalue weighted by atomic mass is 10.1. The molecule has 0 saturated heterocycles. The van der Waals surface area contributed by atoms with Gasteiger partial charge in [-0.25, -0.2) is 9.78 Å². The minimum Gasteiger partial charge on any atom is -0.476 e. The van der Waals surface area contributed by atoms with E-state index in [1.165, 1.54) is 16.7 Å². The van der Waals surface area contributed by atoms with E-state index in [-0.39, 0.29) is 11.6 Å². The van der Waals surface area contributed by atoms with Crippen LogP contribution in [0.15, 0.2) is 60.0 Å². The van der Waals surface area contributed by atoms with Gasteiger partial charge in [-0.15, -0.1) is 11.3 Å². The first-order chi connectivity index (χ1) is 11.6. The van der Waals surface area contributed by atoms with Crippen LogP contribution in [0.2, 0.25) is 0 Å². The number of rotatable bonds is 5. The highest BCUT2D eigenvalue weighted by atomic mass is 32.1. The number of nitrogens with zero attached hydrogens (tertiary/aromatic N) is 1. The van der Waals surface area contributed by atoms with Crippen LogP contribution in [0, 0.1) is 0 Å². The minimum absolute atomic E-state index is 0.0373. The molecule has 5 nitrogen and oxygen atoms in total. The van der Waals surface area contributed by atoms with Crippen LogP contribution < -0.4 is 5.32 Å². The summed E-state index contributed by atoms with van der Waals surface area (Å²) in [5.74, 6) is -1.13. The fourth-order valence-electron chi connectivity index (χ4n) is 2.19. The molecule has 120 valence electrons. The van der Waals surface area contributed by atoms with Gasteiger partial charge in [-0.2, -0.15) is 0 Å². The summed E-state index contributed by atoms with van der Waals surface area (Å²) in [7, 11) is 0. The maximum atomic E-state index is 12.0. The second-order valence-electron chi connectivity index (χ2n) is 5.13. The van der Waals surface area contributed by atoms with Gasteiger partial charge < -0.3 is 10.4 Å². The summed E-state index contributed by atoms with van der Waals surface area (Å²) in [6, 6.07) is 16.7. The van der Waals surface area contributed by atoms with Gasteiger partial charge in [0.1, 0.15) is 5.01 Å². The van der Waals surface area contributed by atoms with Crippen molar-refractivity contribution in [3.8, 4) is 10.6 Å². The summed E-state index contributed by atoms with van der Waals surface area (Å²) in [4.78, 5) is 27.0. The molecule has 1 heterocycles. The largest absolute Gasteiger partial charge is 0.476 e. The molecular formula is C18H14N2O3S. The van der Waals surface area contributed by atoms with Crippen LogP contribution in [0.25, 0.3) is 10.6 Å². The van der Waals surface area contributed by atoms with Crippen LogP contribution in [0.4, 0.5) is 5.69 Å². The van der Waals surface area contributed by atoms with Crippen LogP contribution in [-0.2, 0) is 11.2 Å². The first kappa shape index (κ1) is 15.9. The molecule has 0 bridgehead atoms. The van der Waals surface area contributed by atoms with E-state index in [2.05, 4.69) is 10.3 Å². The topological polar surface area (TPSA) is 79.3 Å². The Morgan fingerprint density at radius 1 is 1.04 bits per heavy atom. The number of carboxylic acids is 1. The molecule has 0 fully saturated rings. The third-order valence-corrected chi connectivity index (χ3v) is 4.24. The summed E-state index contributed by atoms with van der Waals surface area (Å²) in [6.45, 7) is 0. The molecule has 0 saturated carbocycles. The molecule has 0 aliphatic carbocycles. The zero-order chi connectivity index (χ0) is 16.9. The van der Waals surface area contributed by atoms with Gasteiger partial charge in [-0.05, 0) is 29.8 Å². The maximum absolute atomic E-state index is 12.0. The molecule has 0 spiro atoms. The van der Waals surface area contributed by atoms with Crippen LogP contribution >= 0.6 is 11.3 Å². The molecule has 0 atom stereocenters. The number of hydrogen-bond acceptors (Lipinski definition) is 4. The Labute approximate surface area is 142 Å². The Morgan fingerprint density at radius 2 is 1.75 bits per heavy atom. The monoisotopic (exact) mass is 338 g/mol. The molecule has 3 rings (SSSR count). The number of benzene rings is 2. The molecule has 0 radical (unpaired) electrons. The van der Waals surface area contributed by atoms with Gasteiger partial charge in [-0.3, -0.25) is 4.79 Å². The lowest BCUT2D eigenvalue weighted by molar-refractivity contribution is -0.115. The van der Waals surface area contributed by atoms with Crippen molar-refractivity contribution in [3.63, 3.8) is 0 Å². The Kier molecular flexibility index (Phi) is 4.67. The zero-order valence-electron chi connectivity index (χ0n) is 12.6. The standard InChI is InChI=1S/C18H14N2O3S/c21-16(10-12-4-2-1-3-5-12)19-14-8-6-13(7-9-14)17-20-15(11-24-17)18(22)23/h1-9,11H,10H2,(H,19,21)(H,22,23). The van der Waals surface area contributed by atoms with Crippen LogP contribution in [0.1, 0.15) is 16.1 Å². The van der Waals surface area contributed by atoms with Crippen molar-refractivity contribution in [1.29, 1.82) is 0 Å². The third kappa shape index (κ3) is 3.85.